The third kappa shape index (κ3) is 3.31. The predicted molar refractivity (Wildman–Crippen MR) is 72.0 cm³/mol. The van der Waals surface area contributed by atoms with E-state index >= 15 is 0 Å². The summed E-state index contributed by atoms with van der Waals surface area (Å²) in [7, 11) is 0. The molecule has 6 heteroatoms. The Bertz CT molecular complexity index is 502. The Morgan fingerprint density at radius 3 is 2.22 bits per heavy atom. The lowest BCUT2D eigenvalue weighted by atomic mass is 10.2. The molecule has 0 saturated heterocycles. The van der Waals surface area contributed by atoms with Crippen molar-refractivity contribution >= 4 is 17.6 Å². The summed E-state index contributed by atoms with van der Waals surface area (Å²) in [5.74, 6) is 0.917. The van der Waals surface area contributed by atoms with Crippen LogP contribution in [0.25, 0.3) is 0 Å². The average Bonchev–Trinajstić information content (AvgIpc) is 2.30. The fourth-order valence-electron chi connectivity index (χ4n) is 1.56. The number of anilines is 3. The first-order chi connectivity index (χ1) is 8.63. The van der Waals surface area contributed by atoms with Gasteiger partial charge in [-0.3, -0.25) is 0 Å². The van der Waals surface area contributed by atoms with Gasteiger partial charge in [-0.1, -0.05) is 17.7 Å². The van der Waals surface area contributed by atoms with Gasteiger partial charge in [-0.2, -0.15) is 15.0 Å². The molecule has 0 fully saturated rings. The van der Waals surface area contributed by atoms with E-state index in [-0.39, 0.29) is 11.9 Å². The first-order valence-corrected chi connectivity index (χ1v) is 5.70. The van der Waals surface area contributed by atoms with Gasteiger partial charge in [0.05, 0.1) is 0 Å². The molecule has 2 rings (SSSR count). The minimum atomic E-state index is 0.160. The van der Waals surface area contributed by atoms with Crippen molar-refractivity contribution in [2.24, 2.45) is 0 Å². The predicted octanol–water partition coefficient (Wildman–Crippen LogP) is 0.999. The van der Waals surface area contributed by atoms with Crippen LogP contribution in [0.5, 0.6) is 0 Å². The highest BCUT2D eigenvalue weighted by Crippen LogP contribution is 2.08. The summed E-state index contributed by atoms with van der Waals surface area (Å²) in [4.78, 5) is 11.8. The van der Waals surface area contributed by atoms with E-state index in [0.29, 0.717) is 18.8 Å². The summed E-state index contributed by atoms with van der Waals surface area (Å²) in [6.45, 7) is 2.77. The van der Waals surface area contributed by atoms with E-state index in [4.69, 9.17) is 11.5 Å². The third-order valence-corrected chi connectivity index (χ3v) is 2.45. The molecule has 0 aliphatic rings. The summed E-state index contributed by atoms with van der Waals surface area (Å²) >= 11 is 0. The van der Waals surface area contributed by atoms with Crippen LogP contribution in [0.15, 0.2) is 24.3 Å². The SMILES string of the molecule is Cc1ccc(NCCc2nc(N)nc(N)n2)cc1. The highest BCUT2D eigenvalue weighted by Gasteiger charge is 2.01. The van der Waals surface area contributed by atoms with Crippen LogP contribution in [-0.2, 0) is 6.42 Å². The van der Waals surface area contributed by atoms with E-state index in [1.54, 1.807) is 0 Å². The molecule has 18 heavy (non-hydrogen) atoms. The molecule has 94 valence electrons. The first-order valence-electron chi connectivity index (χ1n) is 5.70. The number of nitrogens with zero attached hydrogens (tertiary/aromatic N) is 3. The van der Waals surface area contributed by atoms with Crippen molar-refractivity contribution in [1.82, 2.24) is 15.0 Å². The van der Waals surface area contributed by atoms with Gasteiger partial charge >= 0.3 is 0 Å². The minimum absolute atomic E-state index is 0.160. The highest BCUT2D eigenvalue weighted by atomic mass is 15.1. The normalized spacial score (nSPS) is 10.3. The number of nitrogens with two attached hydrogens (primary N) is 2. The Labute approximate surface area is 105 Å². The van der Waals surface area contributed by atoms with Gasteiger partial charge in [0.25, 0.3) is 0 Å². The lowest BCUT2D eigenvalue weighted by Crippen LogP contribution is -2.11. The molecular formula is C12H16N6. The van der Waals surface area contributed by atoms with Crippen LogP contribution in [0.1, 0.15) is 11.4 Å². The molecule has 0 spiro atoms. The molecule has 2 aromatic rings. The largest absolute Gasteiger partial charge is 0.385 e. The summed E-state index contributed by atoms with van der Waals surface area (Å²) in [6, 6.07) is 8.18. The fourth-order valence-corrected chi connectivity index (χ4v) is 1.56. The van der Waals surface area contributed by atoms with Gasteiger partial charge in [0.1, 0.15) is 5.82 Å². The van der Waals surface area contributed by atoms with Gasteiger partial charge in [-0.25, -0.2) is 0 Å². The Balaban J connectivity index is 1.90. The number of nitrogens with one attached hydrogen (secondary N) is 1. The summed E-state index contributed by atoms with van der Waals surface area (Å²) < 4.78 is 0. The smallest absolute Gasteiger partial charge is 0.225 e. The van der Waals surface area contributed by atoms with Crippen molar-refractivity contribution in [2.45, 2.75) is 13.3 Å². The van der Waals surface area contributed by atoms with Crippen LogP contribution in [-0.4, -0.2) is 21.5 Å². The molecule has 1 aromatic carbocycles. The molecule has 0 aliphatic heterocycles. The van der Waals surface area contributed by atoms with Gasteiger partial charge in [0, 0.05) is 18.7 Å². The van der Waals surface area contributed by atoms with E-state index in [1.807, 2.05) is 12.1 Å². The zero-order valence-corrected chi connectivity index (χ0v) is 10.2. The van der Waals surface area contributed by atoms with E-state index < -0.39 is 0 Å². The maximum absolute atomic E-state index is 5.50. The number of hydrogen-bond donors (Lipinski definition) is 3. The second kappa shape index (κ2) is 5.31. The van der Waals surface area contributed by atoms with Crippen molar-refractivity contribution in [2.75, 3.05) is 23.3 Å². The molecule has 0 saturated carbocycles. The molecule has 0 atom stereocenters. The molecule has 1 heterocycles. The standard InChI is InChI=1S/C12H16N6/c1-8-2-4-9(5-3-8)15-7-6-10-16-11(13)18-12(14)17-10/h2-5,15H,6-7H2,1H3,(H4,13,14,16,17,18). The quantitative estimate of drug-likeness (QED) is 0.741. The van der Waals surface area contributed by atoms with Gasteiger partial charge in [0.15, 0.2) is 0 Å². The van der Waals surface area contributed by atoms with Crippen molar-refractivity contribution in [3.05, 3.63) is 35.7 Å². The summed E-state index contributed by atoms with van der Waals surface area (Å²) in [5, 5.41) is 3.28. The molecule has 0 amide bonds. The lowest BCUT2D eigenvalue weighted by molar-refractivity contribution is 0.879. The second-order valence-electron chi connectivity index (χ2n) is 4.01. The van der Waals surface area contributed by atoms with E-state index in [0.717, 1.165) is 5.69 Å². The molecule has 0 unspecified atom stereocenters. The number of aryl methyl sites for hydroxylation is 1. The van der Waals surface area contributed by atoms with Gasteiger partial charge in [0.2, 0.25) is 11.9 Å². The van der Waals surface area contributed by atoms with Crippen LogP contribution >= 0.6 is 0 Å². The van der Waals surface area contributed by atoms with E-state index in [1.165, 1.54) is 5.56 Å². The zero-order valence-electron chi connectivity index (χ0n) is 10.2. The van der Waals surface area contributed by atoms with E-state index in [2.05, 4.69) is 39.3 Å². The molecular weight excluding hydrogens is 228 g/mol. The van der Waals surface area contributed by atoms with Crippen molar-refractivity contribution in [3.63, 3.8) is 0 Å². The Morgan fingerprint density at radius 2 is 1.61 bits per heavy atom. The third-order valence-electron chi connectivity index (χ3n) is 2.45. The number of aromatic nitrogens is 3. The van der Waals surface area contributed by atoms with E-state index in [9.17, 15) is 0 Å². The lowest BCUT2D eigenvalue weighted by Gasteiger charge is -2.06. The molecule has 0 aliphatic carbocycles. The fraction of sp³-hybridized carbons (Fsp3) is 0.250. The summed E-state index contributed by atoms with van der Waals surface area (Å²) in [6.07, 6.45) is 0.644. The molecule has 1 aromatic heterocycles. The minimum Gasteiger partial charge on any atom is -0.385 e. The highest BCUT2D eigenvalue weighted by molar-refractivity contribution is 5.44. The topological polar surface area (TPSA) is 103 Å². The van der Waals surface area contributed by atoms with Crippen LogP contribution in [0, 0.1) is 6.92 Å². The van der Waals surface area contributed by atoms with Crippen LogP contribution in [0.3, 0.4) is 0 Å². The summed E-state index contributed by atoms with van der Waals surface area (Å²) in [5.41, 5.74) is 13.3. The first kappa shape index (κ1) is 12.1. The van der Waals surface area contributed by atoms with Crippen LogP contribution in [0.2, 0.25) is 0 Å². The monoisotopic (exact) mass is 244 g/mol. The second-order valence-corrected chi connectivity index (χ2v) is 4.01. The zero-order chi connectivity index (χ0) is 13.0. The Kier molecular flexibility index (Phi) is 3.57. The van der Waals surface area contributed by atoms with Crippen LogP contribution < -0.4 is 16.8 Å². The Hall–Kier alpha value is -2.37. The van der Waals surface area contributed by atoms with Crippen molar-refractivity contribution in [3.8, 4) is 0 Å². The number of rotatable bonds is 4. The van der Waals surface area contributed by atoms with Gasteiger partial charge in [-0.15, -0.1) is 0 Å². The molecule has 0 radical (unpaired) electrons. The van der Waals surface area contributed by atoms with Gasteiger partial charge < -0.3 is 16.8 Å². The number of hydrogen-bond acceptors (Lipinski definition) is 6. The number of nitrogen functional groups attached to an aromatic ring is 2. The van der Waals surface area contributed by atoms with Crippen molar-refractivity contribution in [1.29, 1.82) is 0 Å². The maximum atomic E-state index is 5.50. The average molecular weight is 244 g/mol. The molecule has 6 nitrogen and oxygen atoms in total. The van der Waals surface area contributed by atoms with Crippen LogP contribution in [0.4, 0.5) is 17.6 Å². The number of benzene rings is 1. The maximum Gasteiger partial charge on any atom is 0.225 e. The molecule has 5 N–H and O–H groups in total. The molecule has 0 bridgehead atoms. The Morgan fingerprint density at radius 1 is 1.00 bits per heavy atom. The van der Waals surface area contributed by atoms with Gasteiger partial charge in [-0.05, 0) is 19.1 Å². The van der Waals surface area contributed by atoms with Crippen molar-refractivity contribution < 1.29 is 0 Å².